The molecule has 0 fully saturated rings. The van der Waals surface area contributed by atoms with E-state index in [0.717, 1.165) is 16.9 Å². The van der Waals surface area contributed by atoms with Gasteiger partial charge in [-0.2, -0.15) is 0 Å². The topological polar surface area (TPSA) is 38.0 Å². The second-order valence-electron chi connectivity index (χ2n) is 4.15. The fourth-order valence-corrected chi connectivity index (χ4v) is 2.63. The highest BCUT2D eigenvalue weighted by Gasteiger charge is 2.12. The first-order valence-corrected chi connectivity index (χ1v) is 7.17. The van der Waals surface area contributed by atoms with E-state index in [1.165, 1.54) is 17.0 Å². The van der Waals surface area contributed by atoms with Gasteiger partial charge in [0.25, 0.3) is 0 Å². The zero-order chi connectivity index (χ0) is 13.7. The van der Waals surface area contributed by atoms with Crippen LogP contribution >= 0.6 is 11.8 Å². The maximum Gasteiger partial charge on any atom is 0.123 e. The zero-order valence-corrected chi connectivity index (χ0v) is 11.6. The Labute approximate surface area is 117 Å². The van der Waals surface area contributed by atoms with Gasteiger partial charge >= 0.3 is 0 Å². The van der Waals surface area contributed by atoms with E-state index in [0.29, 0.717) is 0 Å². The van der Waals surface area contributed by atoms with E-state index in [1.54, 1.807) is 23.9 Å². The van der Waals surface area contributed by atoms with Crippen molar-refractivity contribution >= 4 is 11.8 Å². The number of benzene rings is 2. The number of hydrogen-bond donors (Lipinski definition) is 2. The SMILES string of the molecule is CCSc1ccc(C(NN)c2ccc(F)cc2)cc1. The van der Waals surface area contributed by atoms with E-state index in [-0.39, 0.29) is 11.9 Å². The summed E-state index contributed by atoms with van der Waals surface area (Å²) in [6.07, 6.45) is 0. The van der Waals surface area contributed by atoms with E-state index in [2.05, 4.69) is 24.5 Å². The Morgan fingerprint density at radius 3 is 2.05 bits per heavy atom. The minimum Gasteiger partial charge on any atom is -0.271 e. The van der Waals surface area contributed by atoms with Crippen molar-refractivity contribution in [3.63, 3.8) is 0 Å². The predicted octanol–water partition coefficient (Wildman–Crippen LogP) is 3.49. The van der Waals surface area contributed by atoms with Crippen molar-refractivity contribution in [3.05, 3.63) is 65.5 Å². The lowest BCUT2D eigenvalue weighted by Gasteiger charge is -2.17. The monoisotopic (exact) mass is 276 g/mol. The molecule has 100 valence electrons. The second-order valence-corrected chi connectivity index (χ2v) is 5.49. The molecule has 4 heteroatoms. The van der Waals surface area contributed by atoms with E-state index >= 15 is 0 Å². The zero-order valence-electron chi connectivity index (χ0n) is 10.8. The molecule has 3 N–H and O–H groups in total. The Morgan fingerprint density at radius 2 is 1.58 bits per heavy atom. The summed E-state index contributed by atoms with van der Waals surface area (Å²) in [6, 6.07) is 14.5. The van der Waals surface area contributed by atoms with Crippen LogP contribution < -0.4 is 11.3 Å². The molecule has 2 rings (SSSR count). The number of nitrogens with one attached hydrogen (secondary N) is 1. The lowest BCUT2D eigenvalue weighted by Crippen LogP contribution is -2.28. The van der Waals surface area contributed by atoms with Crippen LogP contribution in [0.15, 0.2) is 53.4 Å². The van der Waals surface area contributed by atoms with Crippen molar-refractivity contribution < 1.29 is 4.39 Å². The van der Waals surface area contributed by atoms with Crippen molar-refractivity contribution in [1.29, 1.82) is 0 Å². The third kappa shape index (κ3) is 3.56. The normalized spacial score (nSPS) is 12.4. The van der Waals surface area contributed by atoms with Gasteiger partial charge in [0.15, 0.2) is 0 Å². The van der Waals surface area contributed by atoms with E-state index in [1.807, 2.05) is 12.1 Å². The largest absolute Gasteiger partial charge is 0.271 e. The Hall–Kier alpha value is -1.36. The lowest BCUT2D eigenvalue weighted by molar-refractivity contribution is 0.615. The van der Waals surface area contributed by atoms with Gasteiger partial charge in [-0.05, 0) is 41.1 Å². The third-order valence-corrected chi connectivity index (χ3v) is 3.79. The van der Waals surface area contributed by atoms with Crippen molar-refractivity contribution in [2.75, 3.05) is 5.75 Å². The van der Waals surface area contributed by atoms with Gasteiger partial charge in [-0.25, -0.2) is 9.82 Å². The molecule has 0 aliphatic heterocycles. The molecule has 2 aromatic rings. The first-order chi connectivity index (χ1) is 9.24. The van der Waals surface area contributed by atoms with E-state index < -0.39 is 0 Å². The summed E-state index contributed by atoms with van der Waals surface area (Å²) < 4.78 is 12.9. The molecular formula is C15H17FN2S. The van der Waals surface area contributed by atoms with Crippen molar-refractivity contribution in [3.8, 4) is 0 Å². The molecule has 0 bridgehead atoms. The minimum atomic E-state index is -0.241. The average Bonchev–Trinajstić information content (AvgIpc) is 2.44. The molecule has 2 nitrogen and oxygen atoms in total. The molecule has 0 amide bonds. The van der Waals surface area contributed by atoms with Crippen LogP contribution in [0.25, 0.3) is 0 Å². The standard InChI is InChI=1S/C15H17FN2S/c1-2-19-14-9-5-12(6-10-14)15(18-17)11-3-7-13(16)8-4-11/h3-10,15,18H,2,17H2,1H3. The second kappa shape index (κ2) is 6.70. The summed E-state index contributed by atoms with van der Waals surface area (Å²) >= 11 is 1.80. The molecule has 0 saturated heterocycles. The van der Waals surface area contributed by atoms with Gasteiger partial charge in [0.2, 0.25) is 0 Å². The average molecular weight is 276 g/mol. The van der Waals surface area contributed by atoms with Gasteiger partial charge in [0, 0.05) is 4.90 Å². The molecule has 19 heavy (non-hydrogen) atoms. The Kier molecular flexibility index (Phi) is 4.96. The number of rotatable bonds is 5. The molecule has 2 aromatic carbocycles. The first kappa shape index (κ1) is 14.1. The summed E-state index contributed by atoms with van der Waals surface area (Å²) in [6.45, 7) is 2.13. The highest BCUT2D eigenvalue weighted by Crippen LogP contribution is 2.24. The number of thioether (sulfide) groups is 1. The van der Waals surface area contributed by atoms with E-state index in [4.69, 9.17) is 5.84 Å². The molecule has 0 saturated carbocycles. The molecule has 0 aliphatic rings. The third-order valence-electron chi connectivity index (χ3n) is 2.89. The maximum absolute atomic E-state index is 12.9. The van der Waals surface area contributed by atoms with Gasteiger partial charge in [-0.1, -0.05) is 31.2 Å². The number of hydrazine groups is 1. The van der Waals surface area contributed by atoms with Crippen LogP contribution in [0.5, 0.6) is 0 Å². The molecule has 0 heterocycles. The molecule has 0 aliphatic carbocycles. The van der Waals surface area contributed by atoms with Crippen LogP contribution in [0.2, 0.25) is 0 Å². The van der Waals surface area contributed by atoms with Crippen LogP contribution in [-0.2, 0) is 0 Å². The Balaban J connectivity index is 2.23. The van der Waals surface area contributed by atoms with Crippen LogP contribution in [0.3, 0.4) is 0 Å². The van der Waals surface area contributed by atoms with E-state index in [9.17, 15) is 4.39 Å². The van der Waals surface area contributed by atoms with Crippen LogP contribution in [-0.4, -0.2) is 5.75 Å². The molecule has 0 radical (unpaired) electrons. The molecular weight excluding hydrogens is 259 g/mol. The van der Waals surface area contributed by atoms with Gasteiger partial charge in [-0.15, -0.1) is 11.8 Å². The van der Waals surface area contributed by atoms with Gasteiger partial charge in [0.1, 0.15) is 5.82 Å². The fourth-order valence-electron chi connectivity index (χ4n) is 1.96. The summed E-state index contributed by atoms with van der Waals surface area (Å²) in [7, 11) is 0. The van der Waals surface area contributed by atoms with Crippen molar-refractivity contribution in [1.82, 2.24) is 5.43 Å². The summed E-state index contributed by atoms with van der Waals surface area (Å²) in [5, 5.41) is 0. The maximum atomic E-state index is 12.9. The predicted molar refractivity (Wildman–Crippen MR) is 78.4 cm³/mol. The molecule has 1 unspecified atom stereocenters. The Bertz CT molecular complexity index is 511. The quantitative estimate of drug-likeness (QED) is 0.499. The van der Waals surface area contributed by atoms with Crippen LogP contribution in [0.1, 0.15) is 24.1 Å². The van der Waals surface area contributed by atoms with Crippen molar-refractivity contribution in [2.45, 2.75) is 17.9 Å². The highest BCUT2D eigenvalue weighted by molar-refractivity contribution is 7.99. The highest BCUT2D eigenvalue weighted by atomic mass is 32.2. The Morgan fingerprint density at radius 1 is 1.05 bits per heavy atom. The lowest BCUT2D eigenvalue weighted by atomic mass is 9.99. The molecule has 0 spiro atoms. The van der Waals surface area contributed by atoms with Gasteiger partial charge < -0.3 is 0 Å². The summed E-state index contributed by atoms with van der Waals surface area (Å²) in [5.74, 6) is 6.43. The number of nitrogens with two attached hydrogens (primary N) is 1. The van der Waals surface area contributed by atoms with Crippen LogP contribution in [0, 0.1) is 5.82 Å². The van der Waals surface area contributed by atoms with Gasteiger partial charge in [-0.3, -0.25) is 5.84 Å². The first-order valence-electron chi connectivity index (χ1n) is 6.19. The molecule has 0 aromatic heterocycles. The minimum absolute atomic E-state index is 0.124. The van der Waals surface area contributed by atoms with Gasteiger partial charge in [0.05, 0.1) is 6.04 Å². The van der Waals surface area contributed by atoms with Crippen molar-refractivity contribution in [2.24, 2.45) is 5.84 Å². The fraction of sp³-hybridized carbons (Fsp3) is 0.200. The number of halogens is 1. The molecule has 1 atom stereocenters. The number of hydrogen-bond acceptors (Lipinski definition) is 3. The summed E-state index contributed by atoms with van der Waals surface area (Å²) in [5.41, 5.74) is 4.78. The summed E-state index contributed by atoms with van der Waals surface area (Å²) in [4.78, 5) is 1.24. The van der Waals surface area contributed by atoms with Crippen LogP contribution in [0.4, 0.5) is 4.39 Å². The smallest absolute Gasteiger partial charge is 0.123 e.